The smallest absolute Gasteiger partial charge is 0.172 e. The van der Waals surface area contributed by atoms with Gasteiger partial charge >= 0.3 is 28.4 Å². The van der Waals surface area contributed by atoms with E-state index in [-0.39, 0.29) is 0 Å². The molecule has 0 bridgehead atoms. The van der Waals surface area contributed by atoms with Gasteiger partial charge in [-0.15, -0.1) is 6.92 Å². The Bertz CT molecular complexity index is 1170. The van der Waals surface area contributed by atoms with Crippen molar-refractivity contribution in [2.75, 3.05) is 0 Å². The van der Waals surface area contributed by atoms with Crippen LogP contribution in [0.3, 0.4) is 0 Å². The fraction of sp³-hybridized carbons (Fsp3) is 0.432. The molecule has 0 aromatic heterocycles. The molecule has 0 aliphatic heterocycles. The summed E-state index contributed by atoms with van der Waals surface area (Å²) in [5, 5.41) is 0.738. The number of hydrogen-bond donors (Lipinski definition) is 0. The molecule has 0 N–H and O–H groups in total. The molecule has 206 valence electrons. The topological polar surface area (TPSA) is 0 Å². The average molecular weight is 615 g/mol. The number of rotatable bonds is 0. The predicted molar refractivity (Wildman–Crippen MR) is 165 cm³/mol. The van der Waals surface area contributed by atoms with Gasteiger partial charge in [0, 0.05) is 0 Å². The van der Waals surface area contributed by atoms with E-state index in [1.165, 1.54) is 62.8 Å². The summed E-state index contributed by atoms with van der Waals surface area (Å²) in [5.74, 6) is 6.00. The molecule has 5 unspecified atom stereocenters. The first-order valence-corrected chi connectivity index (χ1v) is 16.8. The van der Waals surface area contributed by atoms with Crippen LogP contribution in [0.4, 0.5) is 0 Å². The van der Waals surface area contributed by atoms with Crippen LogP contribution in [-0.2, 0) is 30.7 Å². The molecule has 7 rings (SSSR count). The number of halogens is 1. The van der Waals surface area contributed by atoms with Crippen molar-refractivity contribution in [3.8, 4) is 0 Å². The van der Waals surface area contributed by atoms with Crippen LogP contribution in [0.2, 0.25) is 5.02 Å². The quantitative estimate of drug-likeness (QED) is 0.221. The molecule has 5 atom stereocenters. The molecule has 39 heavy (non-hydrogen) atoms. The number of fused-ring (bicyclic) bond motifs is 7. The van der Waals surface area contributed by atoms with Gasteiger partial charge in [0.1, 0.15) is 0 Å². The molecule has 4 aliphatic carbocycles. The normalized spacial score (nSPS) is 27.5. The summed E-state index contributed by atoms with van der Waals surface area (Å²) in [6.45, 7) is 9.99. The molecule has 2 heteroatoms. The minimum atomic E-state index is 0.361. The van der Waals surface area contributed by atoms with Gasteiger partial charge in [-0.3, -0.25) is 0 Å². The molecule has 0 heterocycles. The maximum atomic E-state index is 5.51. The first kappa shape index (κ1) is 30.4. The minimum Gasteiger partial charge on any atom is -0.214 e. The Morgan fingerprint density at radius 2 is 1.69 bits per heavy atom. The Morgan fingerprint density at radius 1 is 1.00 bits per heavy atom. The maximum absolute atomic E-state index is 5.51. The summed E-state index contributed by atoms with van der Waals surface area (Å²) in [6.07, 6.45) is 8.52. The van der Waals surface area contributed by atoms with E-state index in [4.69, 9.17) is 11.6 Å². The van der Waals surface area contributed by atoms with E-state index in [9.17, 15) is 0 Å². The zero-order valence-electron chi connectivity index (χ0n) is 24.2. The van der Waals surface area contributed by atoms with Gasteiger partial charge in [0.15, 0.2) is 0 Å². The summed E-state index contributed by atoms with van der Waals surface area (Å²) in [7, 11) is 0. The van der Waals surface area contributed by atoms with Crippen molar-refractivity contribution >= 4 is 15.8 Å². The molecule has 2 fully saturated rings. The van der Waals surface area contributed by atoms with E-state index in [2.05, 4.69) is 62.2 Å². The minimum absolute atomic E-state index is 0.361. The van der Waals surface area contributed by atoms with Gasteiger partial charge < -0.3 is 0 Å². The van der Waals surface area contributed by atoms with Crippen molar-refractivity contribution in [2.24, 2.45) is 29.1 Å². The third-order valence-electron chi connectivity index (χ3n) is 10.1. The third kappa shape index (κ3) is 6.52. The summed E-state index contributed by atoms with van der Waals surface area (Å²) in [6, 6.07) is 29.4. The zero-order valence-corrected chi connectivity index (χ0v) is 27.4. The Morgan fingerprint density at radius 3 is 2.28 bits per heavy atom. The van der Waals surface area contributed by atoms with Crippen molar-refractivity contribution in [2.45, 2.75) is 72.1 Å². The van der Waals surface area contributed by atoms with Crippen LogP contribution in [-0.4, -0.2) is 4.21 Å². The molecule has 3 aromatic rings. The SMILES string of the molecule is C[C-]1C2=C3Cc4ccccc4C3C3CCCCC3C2CC(C)C1(C)C.Clc1c[c-]ccc1.[CH2]=[Zr].c1cc[cH-]c1. The second-order valence-electron chi connectivity index (χ2n) is 12.2. The molecule has 0 nitrogen and oxygen atoms in total. The van der Waals surface area contributed by atoms with Crippen LogP contribution < -0.4 is 0 Å². The van der Waals surface area contributed by atoms with E-state index in [0.717, 1.165) is 34.6 Å². The Balaban J connectivity index is 0.000000207. The predicted octanol–water partition coefficient (Wildman–Crippen LogP) is 10.2. The maximum Gasteiger partial charge on any atom is -0.172 e. The Hall–Kier alpha value is -1.56. The van der Waals surface area contributed by atoms with E-state index >= 15 is 0 Å². The van der Waals surface area contributed by atoms with Gasteiger partial charge in [-0.2, -0.15) is 60.1 Å². The molecular weight excluding hydrogens is 571 g/mol. The van der Waals surface area contributed by atoms with Crippen LogP contribution in [0.25, 0.3) is 0 Å². The first-order valence-electron chi connectivity index (χ1n) is 14.7. The van der Waals surface area contributed by atoms with Crippen LogP contribution in [0.1, 0.15) is 76.8 Å². The molecule has 0 spiro atoms. The second kappa shape index (κ2) is 13.9. The summed E-state index contributed by atoms with van der Waals surface area (Å²) >= 11 is 6.81. The summed E-state index contributed by atoms with van der Waals surface area (Å²) < 4.78 is 3.34. The summed E-state index contributed by atoms with van der Waals surface area (Å²) in [5.41, 5.74) is 7.35. The van der Waals surface area contributed by atoms with Crippen molar-refractivity contribution in [3.63, 3.8) is 0 Å². The third-order valence-corrected chi connectivity index (χ3v) is 10.4. The number of hydrogen-bond acceptors (Lipinski definition) is 0. The molecule has 2 saturated carbocycles. The van der Waals surface area contributed by atoms with Gasteiger partial charge in [0.05, 0.1) is 0 Å². The molecule has 0 saturated heterocycles. The van der Waals surface area contributed by atoms with E-state index in [0.29, 0.717) is 5.41 Å². The van der Waals surface area contributed by atoms with E-state index in [1.54, 1.807) is 23.1 Å². The monoisotopic (exact) mass is 613 g/mol. The van der Waals surface area contributed by atoms with Crippen molar-refractivity contribution in [3.05, 3.63) is 118 Å². The van der Waals surface area contributed by atoms with Crippen molar-refractivity contribution in [1.29, 1.82) is 0 Å². The van der Waals surface area contributed by atoms with Gasteiger partial charge in [0.2, 0.25) is 0 Å². The van der Waals surface area contributed by atoms with E-state index < -0.39 is 0 Å². The van der Waals surface area contributed by atoms with Crippen molar-refractivity contribution < 1.29 is 24.2 Å². The first-order chi connectivity index (χ1) is 18.9. The molecular formula is C37H44ClZr-3. The Labute approximate surface area is 258 Å². The van der Waals surface area contributed by atoms with Crippen LogP contribution in [0, 0.1) is 41.1 Å². The van der Waals surface area contributed by atoms with Crippen molar-refractivity contribution in [1.82, 2.24) is 0 Å². The second-order valence-corrected chi connectivity index (χ2v) is 12.6. The molecule has 3 aromatic carbocycles. The van der Waals surface area contributed by atoms with Gasteiger partial charge in [-0.1, -0.05) is 104 Å². The molecule has 0 amide bonds. The van der Waals surface area contributed by atoms with Crippen LogP contribution >= 0.6 is 11.6 Å². The molecule has 4 aliphatic rings. The average Bonchev–Trinajstić information content (AvgIpc) is 3.66. The fourth-order valence-corrected chi connectivity index (χ4v) is 7.84. The largest absolute Gasteiger partial charge is 0.214 e. The van der Waals surface area contributed by atoms with Gasteiger partial charge in [0.25, 0.3) is 0 Å². The van der Waals surface area contributed by atoms with Gasteiger partial charge in [-0.25, -0.2) is 29.2 Å². The van der Waals surface area contributed by atoms with Crippen LogP contribution in [0.15, 0.2) is 90.0 Å². The Kier molecular flexibility index (Phi) is 10.8. The standard InChI is InChI=1S/C25H33.C6H4Cl.C5H5.CH2.Zr/c1-15-13-21-19-11-7-8-12-20(19)24-18-10-6-5-9-17(18)14-22(24)23(21)16(2)25(15,3)4;7-6-4-2-1-3-5-6;1-2-4-5-3-1;;/h5-6,9-10,15,19-21,24H,7-8,11-14H2,1-4H3;1-2,4-5H;1-5H;1H2;/q3*-1;;. The number of allylic oxidation sites excluding steroid dienone is 2. The fourth-order valence-electron chi connectivity index (χ4n) is 7.70. The van der Waals surface area contributed by atoms with E-state index in [1.807, 2.05) is 59.7 Å². The number of benzene rings is 2. The zero-order chi connectivity index (χ0) is 28.0. The summed E-state index contributed by atoms with van der Waals surface area (Å²) in [4.78, 5) is 0. The molecule has 0 radical (unpaired) electrons. The van der Waals surface area contributed by atoms with Gasteiger partial charge in [-0.05, 0) is 30.6 Å². The van der Waals surface area contributed by atoms with Crippen LogP contribution in [0.5, 0.6) is 0 Å².